The van der Waals surface area contributed by atoms with Crippen LogP contribution in [0.15, 0.2) is 54.6 Å². The molecule has 3 aromatic rings. The van der Waals surface area contributed by atoms with Crippen LogP contribution in [0.3, 0.4) is 0 Å². The normalized spacial score (nSPS) is 11.0. The van der Waals surface area contributed by atoms with Crippen LogP contribution in [0.25, 0.3) is 11.6 Å². The van der Waals surface area contributed by atoms with Crippen LogP contribution in [0.1, 0.15) is 16.7 Å². The maximum Gasteiger partial charge on any atom is 0.161 e. The molecule has 3 aromatic carbocycles. The standard InChI is InChI=1S/C24H18Cl3NO3/c1-29-22-8-7-16(12-23(22)30-2)18(13-28)9-15-10-20(26)24(21(27)11-15)31-14-17-5-3-4-6-19(17)25/h3-12H,14H2,1-2H3/b18-9+. The molecule has 0 N–H and O–H groups in total. The van der Waals surface area contributed by atoms with E-state index in [2.05, 4.69) is 6.07 Å². The fourth-order valence-electron chi connectivity index (χ4n) is 2.92. The molecule has 0 saturated heterocycles. The van der Waals surface area contributed by atoms with Crippen LogP contribution < -0.4 is 14.2 Å². The van der Waals surface area contributed by atoms with Crippen molar-refractivity contribution in [3.8, 4) is 23.3 Å². The Morgan fingerprint density at radius 3 is 2.19 bits per heavy atom. The maximum absolute atomic E-state index is 9.67. The zero-order valence-corrected chi connectivity index (χ0v) is 19.1. The van der Waals surface area contributed by atoms with Crippen molar-refractivity contribution in [2.45, 2.75) is 6.61 Å². The Morgan fingerprint density at radius 1 is 0.903 bits per heavy atom. The Bertz CT molecular complexity index is 1150. The molecule has 0 bridgehead atoms. The van der Waals surface area contributed by atoms with E-state index in [0.717, 1.165) is 5.56 Å². The number of rotatable bonds is 7. The summed E-state index contributed by atoms with van der Waals surface area (Å²) in [7, 11) is 3.09. The van der Waals surface area contributed by atoms with Crippen molar-refractivity contribution in [2.75, 3.05) is 14.2 Å². The predicted molar refractivity (Wildman–Crippen MR) is 125 cm³/mol. The molecule has 0 saturated carbocycles. The zero-order valence-electron chi connectivity index (χ0n) is 16.8. The van der Waals surface area contributed by atoms with E-state index < -0.39 is 0 Å². The number of nitrogens with zero attached hydrogens (tertiary/aromatic N) is 1. The second-order valence-electron chi connectivity index (χ2n) is 6.43. The highest BCUT2D eigenvalue weighted by Gasteiger charge is 2.12. The lowest BCUT2D eigenvalue weighted by molar-refractivity contribution is 0.306. The van der Waals surface area contributed by atoms with E-state index in [9.17, 15) is 5.26 Å². The number of nitriles is 1. The fourth-order valence-corrected chi connectivity index (χ4v) is 3.72. The van der Waals surface area contributed by atoms with Crippen molar-refractivity contribution in [3.63, 3.8) is 0 Å². The molecule has 0 radical (unpaired) electrons. The highest BCUT2D eigenvalue weighted by atomic mass is 35.5. The van der Waals surface area contributed by atoms with Gasteiger partial charge in [0.25, 0.3) is 0 Å². The molecular weight excluding hydrogens is 457 g/mol. The zero-order chi connectivity index (χ0) is 22.4. The number of hydrogen-bond acceptors (Lipinski definition) is 4. The van der Waals surface area contributed by atoms with Crippen molar-refractivity contribution in [1.29, 1.82) is 5.26 Å². The van der Waals surface area contributed by atoms with E-state index in [1.807, 2.05) is 18.2 Å². The van der Waals surface area contributed by atoms with Crippen molar-refractivity contribution in [2.24, 2.45) is 0 Å². The van der Waals surface area contributed by atoms with Crippen LogP contribution in [0.2, 0.25) is 15.1 Å². The van der Waals surface area contributed by atoms with Gasteiger partial charge in [0.15, 0.2) is 17.2 Å². The lowest BCUT2D eigenvalue weighted by Gasteiger charge is -2.12. The van der Waals surface area contributed by atoms with Gasteiger partial charge in [-0.2, -0.15) is 5.26 Å². The van der Waals surface area contributed by atoms with Crippen LogP contribution in [0.5, 0.6) is 17.2 Å². The second-order valence-corrected chi connectivity index (χ2v) is 7.65. The molecule has 0 fully saturated rings. The molecule has 31 heavy (non-hydrogen) atoms. The summed E-state index contributed by atoms with van der Waals surface area (Å²) in [5.74, 6) is 1.46. The van der Waals surface area contributed by atoms with Gasteiger partial charge in [-0.05, 0) is 53.6 Å². The Labute approximate surface area is 196 Å². The third-order valence-corrected chi connectivity index (χ3v) is 5.41. The highest BCUT2D eigenvalue weighted by molar-refractivity contribution is 6.37. The number of halogens is 3. The quantitative estimate of drug-likeness (QED) is 0.266. The molecule has 0 unspecified atom stereocenters. The van der Waals surface area contributed by atoms with Crippen LogP contribution in [0, 0.1) is 11.3 Å². The van der Waals surface area contributed by atoms with Crippen molar-refractivity contribution in [1.82, 2.24) is 0 Å². The highest BCUT2D eigenvalue weighted by Crippen LogP contribution is 2.37. The average Bonchev–Trinajstić information content (AvgIpc) is 2.77. The molecule has 0 atom stereocenters. The number of benzene rings is 3. The SMILES string of the molecule is COc1ccc(/C(C#N)=C/c2cc(Cl)c(OCc3ccccc3Cl)c(Cl)c2)cc1OC. The molecule has 0 aliphatic carbocycles. The van der Waals surface area contributed by atoms with Gasteiger partial charge in [-0.25, -0.2) is 0 Å². The van der Waals surface area contributed by atoms with Crippen molar-refractivity contribution in [3.05, 3.63) is 86.4 Å². The van der Waals surface area contributed by atoms with Crippen molar-refractivity contribution < 1.29 is 14.2 Å². The molecular formula is C24H18Cl3NO3. The molecule has 0 aliphatic heterocycles. The summed E-state index contributed by atoms with van der Waals surface area (Å²) >= 11 is 19.0. The Kier molecular flexibility index (Phi) is 7.70. The van der Waals surface area contributed by atoms with Gasteiger partial charge in [-0.15, -0.1) is 0 Å². The van der Waals surface area contributed by atoms with Gasteiger partial charge in [0.1, 0.15) is 6.61 Å². The predicted octanol–water partition coefficient (Wildman–Crippen LogP) is 7.31. The molecule has 0 spiro atoms. The summed E-state index contributed by atoms with van der Waals surface area (Å²) in [5.41, 5.74) is 2.57. The fraction of sp³-hybridized carbons (Fsp3) is 0.125. The van der Waals surface area contributed by atoms with Gasteiger partial charge in [-0.1, -0.05) is 53.0 Å². The number of allylic oxidation sites excluding steroid dienone is 1. The van der Waals surface area contributed by atoms with Gasteiger partial charge in [0.2, 0.25) is 0 Å². The van der Waals surface area contributed by atoms with Gasteiger partial charge in [0, 0.05) is 10.6 Å². The molecule has 0 aromatic heterocycles. The maximum atomic E-state index is 9.67. The first kappa shape index (κ1) is 22.8. The summed E-state index contributed by atoms with van der Waals surface area (Å²) in [6.07, 6.45) is 1.69. The molecule has 0 amide bonds. The Balaban J connectivity index is 1.88. The van der Waals surface area contributed by atoms with Gasteiger partial charge < -0.3 is 14.2 Å². The Morgan fingerprint density at radius 2 is 1.58 bits per heavy atom. The van der Waals surface area contributed by atoms with Gasteiger partial charge in [0.05, 0.1) is 35.9 Å². The van der Waals surface area contributed by atoms with Crippen molar-refractivity contribution >= 4 is 46.5 Å². The lowest BCUT2D eigenvalue weighted by Crippen LogP contribution is -1.98. The summed E-state index contributed by atoms with van der Waals surface area (Å²) in [6.45, 7) is 0.226. The third kappa shape index (κ3) is 5.45. The summed E-state index contributed by atoms with van der Waals surface area (Å²) in [6, 6.07) is 18.2. The van der Waals surface area contributed by atoms with Crippen LogP contribution in [0.4, 0.5) is 0 Å². The molecule has 0 aliphatic rings. The largest absolute Gasteiger partial charge is 0.493 e. The minimum Gasteiger partial charge on any atom is -0.493 e. The number of hydrogen-bond donors (Lipinski definition) is 0. The first-order valence-corrected chi connectivity index (χ1v) is 10.3. The molecule has 158 valence electrons. The Hall–Kier alpha value is -2.84. The van der Waals surface area contributed by atoms with Gasteiger partial charge in [-0.3, -0.25) is 0 Å². The molecule has 3 rings (SSSR count). The molecule has 7 heteroatoms. The summed E-state index contributed by atoms with van der Waals surface area (Å²) in [5, 5.41) is 10.9. The van der Waals surface area contributed by atoms with E-state index in [1.165, 1.54) is 7.11 Å². The van der Waals surface area contributed by atoms with Crippen LogP contribution in [-0.2, 0) is 6.61 Å². The minimum absolute atomic E-state index is 0.226. The van der Waals surface area contributed by atoms with E-state index in [4.69, 9.17) is 49.0 Å². The average molecular weight is 475 g/mol. The first-order chi connectivity index (χ1) is 15.0. The van der Waals surface area contributed by atoms with E-state index >= 15 is 0 Å². The minimum atomic E-state index is 0.226. The van der Waals surface area contributed by atoms with Crippen LogP contribution >= 0.6 is 34.8 Å². The second kappa shape index (κ2) is 10.5. The van der Waals surface area contributed by atoms with E-state index in [1.54, 1.807) is 49.6 Å². The number of ether oxygens (including phenoxy) is 3. The van der Waals surface area contributed by atoms with E-state index in [-0.39, 0.29) is 6.61 Å². The lowest BCUT2D eigenvalue weighted by atomic mass is 10.0. The van der Waals surface area contributed by atoms with Gasteiger partial charge >= 0.3 is 0 Å². The molecule has 0 heterocycles. The monoisotopic (exact) mass is 473 g/mol. The summed E-state index contributed by atoms with van der Waals surface area (Å²) in [4.78, 5) is 0. The third-order valence-electron chi connectivity index (χ3n) is 4.48. The smallest absolute Gasteiger partial charge is 0.161 e. The summed E-state index contributed by atoms with van der Waals surface area (Å²) < 4.78 is 16.4. The number of methoxy groups -OCH3 is 2. The topological polar surface area (TPSA) is 51.5 Å². The van der Waals surface area contributed by atoms with Crippen LogP contribution in [-0.4, -0.2) is 14.2 Å². The first-order valence-electron chi connectivity index (χ1n) is 9.16. The molecule has 4 nitrogen and oxygen atoms in total. The van der Waals surface area contributed by atoms with E-state index in [0.29, 0.717) is 49.0 Å².